The zero-order chi connectivity index (χ0) is 11.4. The highest BCUT2D eigenvalue weighted by atomic mass is 16.3. The minimum atomic E-state index is -0.621. The van der Waals surface area contributed by atoms with Crippen LogP contribution in [-0.4, -0.2) is 35.1 Å². The number of carbonyl (C=O) groups excluding carboxylic acids is 1. The summed E-state index contributed by atoms with van der Waals surface area (Å²) >= 11 is 0. The molecular weight excluding hydrogens is 192 g/mol. The summed E-state index contributed by atoms with van der Waals surface area (Å²) < 4.78 is 0. The zero-order valence-corrected chi connectivity index (χ0v) is 9.31. The third-order valence-corrected chi connectivity index (χ3v) is 3.10. The van der Waals surface area contributed by atoms with E-state index < -0.39 is 12.0 Å². The van der Waals surface area contributed by atoms with Gasteiger partial charge in [0.2, 0.25) is 5.91 Å². The van der Waals surface area contributed by atoms with Crippen molar-refractivity contribution in [2.24, 2.45) is 5.92 Å². The van der Waals surface area contributed by atoms with Crippen LogP contribution >= 0.6 is 0 Å². The molecule has 3 atom stereocenters. The van der Waals surface area contributed by atoms with Crippen LogP contribution in [0.15, 0.2) is 0 Å². The quantitative estimate of drug-likeness (QED) is 0.736. The van der Waals surface area contributed by atoms with Gasteiger partial charge in [0, 0.05) is 7.05 Å². The smallest absolute Gasteiger partial charge is 0.239 e. The molecule has 0 bridgehead atoms. The minimum Gasteiger partial charge on any atom is -0.391 e. The van der Waals surface area contributed by atoms with Crippen molar-refractivity contribution in [1.29, 1.82) is 5.26 Å². The molecule has 0 aliphatic heterocycles. The fraction of sp³-hybridized carbons (Fsp3) is 0.818. The number of amides is 1. The van der Waals surface area contributed by atoms with Gasteiger partial charge >= 0.3 is 0 Å². The number of hydrogen-bond donors (Lipinski definition) is 1. The first-order valence-electron chi connectivity index (χ1n) is 5.42. The van der Waals surface area contributed by atoms with Crippen molar-refractivity contribution in [2.45, 2.75) is 44.8 Å². The molecule has 15 heavy (non-hydrogen) atoms. The molecule has 0 radical (unpaired) electrons. The van der Waals surface area contributed by atoms with Gasteiger partial charge in [0.1, 0.15) is 5.92 Å². The molecule has 0 spiro atoms. The summed E-state index contributed by atoms with van der Waals surface area (Å²) in [6.07, 6.45) is 3.22. The molecule has 1 saturated carbocycles. The molecule has 1 aliphatic carbocycles. The lowest BCUT2D eigenvalue weighted by atomic mass is 9.91. The second-order valence-corrected chi connectivity index (χ2v) is 4.22. The number of aliphatic hydroxyl groups excluding tert-OH is 1. The second kappa shape index (κ2) is 5.13. The molecule has 3 unspecified atom stereocenters. The molecule has 4 nitrogen and oxygen atoms in total. The molecule has 0 aromatic rings. The van der Waals surface area contributed by atoms with Crippen LogP contribution in [0.4, 0.5) is 0 Å². The zero-order valence-electron chi connectivity index (χ0n) is 9.31. The largest absolute Gasteiger partial charge is 0.391 e. The van der Waals surface area contributed by atoms with Gasteiger partial charge in [-0.25, -0.2) is 0 Å². The molecule has 0 saturated heterocycles. The third-order valence-electron chi connectivity index (χ3n) is 3.10. The lowest BCUT2D eigenvalue weighted by Crippen LogP contribution is -2.47. The molecule has 1 rings (SSSR count). The Kier molecular flexibility index (Phi) is 4.10. The van der Waals surface area contributed by atoms with Gasteiger partial charge in [0.25, 0.3) is 0 Å². The average molecular weight is 210 g/mol. The lowest BCUT2D eigenvalue weighted by molar-refractivity contribution is -0.137. The van der Waals surface area contributed by atoms with Gasteiger partial charge in [-0.3, -0.25) is 4.79 Å². The lowest BCUT2D eigenvalue weighted by Gasteiger charge is -2.35. The second-order valence-electron chi connectivity index (χ2n) is 4.22. The maximum Gasteiger partial charge on any atom is 0.239 e. The van der Waals surface area contributed by atoms with Crippen LogP contribution in [-0.2, 0) is 4.79 Å². The number of nitrogens with zero attached hydrogens (tertiary/aromatic N) is 2. The Morgan fingerprint density at radius 3 is 2.67 bits per heavy atom. The van der Waals surface area contributed by atoms with Gasteiger partial charge < -0.3 is 10.0 Å². The van der Waals surface area contributed by atoms with Crippen molar-refractivity contribution in [3.05, 3.63) is 0 Å². The van der Waals surface area contributed by atoms with Gasteiger partial charge in [0.15, 0.2) is 0 Å². The molecular formula is C11H18N2O2. The standard InChI is InChI=1S/C11H18N2O2/c1-8(7-12)11(15)13(2)9-5-3-4-6-10(9)14/h8-10,14H,3-6H2,1-2H3. The Labute approximate surface area is 90.5 Å². The summed E-state index contributed by atoms with van der Waals surface area (Å²) in [6.45, 7) is 1.59. The van der Waals surface area contributed by atoms with E-state index in [-0.39, 0.29) is 11.9 Å². The van der Waals surface area contributed by atoms with Crippen LogP contribution < -0.4 is 0 Å². The maximum absolute atomic E-state index is 11.7. The van der Waals surface area contributed by atoms with E-state index >= 15 is 0 Å². The summed E-state index contributed by atoms with van der Waals surface area (Å²) in [5.41, 5.74) is 0. The Morgan fingerprint density at radius 1 is 1.53 bits per heavy atom. The van der Waals surface area contributed by atoms with Crippen molar-refractivity contribution in [1.82, 2.24) is 4.90 Å². The number of nitriles is 1. The number of aliphatic hydroxyl groups is 1. The fourth-order valence-corrected chi connectivity index (χ4v) is 2.07. The van der Waals surface area contributed by atoms with E-state index in [4.69, 9.17) is 5.26 Å². The molecule has 1 N–H and O–H groups in total. The van der Waals surface area contributed by atoms with Crippen molar-refractivity contribution < 1.29 is 9.90 Å². The highest BCUT2D eigenvalue weighted by Gasteiger charge is 2.31. The van der Waals surface area contributed by atoms with Gasteiger partial charge in [-0.2, -0.15) is 5.26 Å². The highest BCUT2D eigenvalue weighted by molar-refractivity contribution is 5.80. The van der Waals surface area contributed by atoms with Crippen molar-refractivity contribution in [3.8, 4) is 6.07 Å². The summed E-state index contributed by atoms with van der Waals surface area (Å²) in [7, 11) is 1.68. The molecule has 1 aliphatic rings. The van der Waals surface area contributed by atoms with Crippen LogP contribution in [0.25, 0.3) is 0 Å². The molecule has 1 fully saturated rings. The first-order chi connectivity index (χ1) is 7.07. The van der Waals surface area contributed by atoms with Gasteiger partial charge in [0.05, 0.1) is 18.2 Å². The summed E-state index contributed by atoms with van der Waals surface area (Å²) in [5.74, 6) is -0.812. The highest BCUT2D eigenvalue weighted by Crippen LogP contribution is 2.23. The Hall–Kier alpha value is -1.08. The van der Waals surface area contributed by atoms with Crippen LogP contribution in [0.2, 0.25) is 0 Å². The van der Waals surface area contributed by atoms with Crippen LogP contribution in [0.1, 0.15) is 32.6 Å². The Morgan fingerprint density at radius 2 is 2.13 bits per heavy atom. The minimum absolute atomic E-state index is 0.109. The fourth-order valence-electron chi connectivity index (χ4n) is 2.07. The number of likely N-dealkylation sites (N-methyl/N-ethyl adjacent to an activating group) is 1. The van der Waals surface area contributed by atoms with E-state index in [0.717, 1.165) is 25.7 Å². The third kappa shape index (κ3) is 2.69. The summed E-state index contributed by atoms with van der Waals surface area (Å²) in [4.78, 5) is 13.3. The van der Waals surface area contributed by atoms with Crippen LogP contribution in [0, 0.1) is 17.2 Å². The normalized spacial score (nSPS) is 27.9. The molecule has 84 valence electrons. The number of rotatable bonds is 2. The summed E-state index contributed by atoms with van der Waals surface area (Å²) in [5, 5.41) is 18.4. The van der Waals surface area contributed by atoms with Gasteiger partial charge in [-0.1, -0.05) is 12.8 Å². The monoisotopic (exact) mass is 210 g/mol. The van der Waals surface area contributed by atoms with Crippen molar-refractivity contribution in [2.75, 3.05) is 7.05 Å². The van der Waals surface area contributed by atoms with Crippen LogP contribution in [0.3, 0.4) is 0 Å². The van der Waals surface area contributed by atoms with Crippen molar-refractivity contribution >= 4 is 5.91 Å². The molecule has 0 aromatic heterocycles. The van der Waals surface area contributed by atoms with E-state index in [2.05, 4.69) is 0 Å². The molecule has 1 amide bonds. The van der Waals surface area contributed by atoms with E-state index in [1.165, 1.54) is 4.90 Å². The first kappa shape index (κ1) is 12.0. The van der Waals surface area contributed by atoms with E-state index in [1.54, 1.807) is 14.0 Å². The van der Waals surface area contributed by atoms with Gasteiger partial charge in [-0.15, -0.1) is 0 Å². The topological polar surface area (TPSA) is 64.3 Å². The predicted molar refractivity (Wildman–Crippen MR) is 55.8 cm³/mol. The van der Waals surface area contributed by atoms with Crippen LogP contribution in [0.5, 0.6) is 0 Å². The summed E-state index contributed by atoms with van der Waals surface area (Å²) in [6, 6.07) is 1.82. The van der Waals surface area contributed by atoms with E-state index in [0.29, 0.717) is 0 Å². The maximum atomic E-state index is 11.7. The van der Waals surface area contributed by atoms with E-state index in [1.807, 2.05) is 6.07 Å². The number of carbonyl (C=O) groups is 1. The Balaban J connectivity index is 2.62. The van der Waals surface area contributed by atoms with E-state index in [9.17, 15) is 9.90 Å². The molecule has 4 heteroatoms. The predicted octanol–water partition coefficient (Wildman–Crippen LogP) is 0.908. The average Bonchev–Trinajstić information content (AvgIpc) is 2.26. The van der Waals surface area contributed by atoms with Gasteiger partial charge in [-0.05, 0) is 19.8 Å². The molecule has 0 aromatic carbocycles. The first-order valence-corrected chi connectivity index (χ1v) is 5.42. The number of hydrogen-bond acceptors (Lipinski definition) is 3. The van der Waals surface area contributed by atoms with Crippen molar-refractivity contribution in [3.63, 3.8) is 0 Å². The SMILES string of the molecule is CC(C#N)C(=O)N(C)C1CCCCC1O. The molecule has 0 heterocycles. The Bertz CT molecular complexity index is 272.